The summed E-state index contributed by atoms with van der Waals surface area (Å²) in [5, 5.41) is 10.7. The van der Waals surface area contributed by atoms with E-state index in [1.165, 1.54) is 19.3 Å². The van der Waals surface area contributed by atoms with Gasteiger partial charge in [-0.15, -0.1) is 0 Å². The summed E-state index contributed by atoms with van der Waals surface area (Å²) >= 11 is 0. The van der Waals surface area contributed by atoms with Gasteiger partial charge in [-0.05, 0) is 18.9 Å². The molecule has 0 bridgehead atoms. The second kappa shape index (κ2) is 9.84. The first-order valence-electron chi connectivity index (χ1n) is 7.16. The first-order chi connectivity index (χ1) is 8.85. The number of ether oxygens (including phenoxy) is 1. The van der Waals surface area contributed by atoms with Crippen LogP contribution in [0.4, 0.5) is 0 Å². The van der Waals surface area contributed by atoms with Gasteiger partial charge in [0.05, 0.1) is 27.4 Å². The van der Waals surface area contributed by atoms with Gasteiger partial charge in [-0.25, -0.2) is 0 Å². The summed E-state index contributed by atoms with van der Waals surface area (Å²) < 4.78 is 6.19. The Kier molecular flexibility index (Phi) is 9.31. The Balaban J connectivity index is 3.97. The van der Waals surface area contributed by atoms with E-state index in [0.29, 0.717) is 11.0 Å². The van der Waals surface area contributed by atoms with Gasteiger partial charge >= 0.3 is 0 Å². The van der Waals surface area contributed by atoms with E-state index >= 15 is 0 Å². The van der Waals surface area contributed by atoms with Crippen LogP contribution in [0, 0.1) is 0 Å². The van der Waals surface area contributed by atoms with Crippen molar-refractivity contribution in [3.63, 3.8) is 0 Å². The number of rotatable bonds is 11. The van der Waals surface area contributed by atoms with E-state index in [4.69, 9.17) is 4.74 Å². The molecule has 0 rings (SSSR count). The Hall–Kier alpha value is -1.03. The number of allylic oxidation sites excluding steroid dienone is 1. The van der Waals surface area contributed by atoms with Gasteiger partial charge < -0.3 is 19.1 Å². The van der Waals surface area contributed by atoms with Crippen molar-refractivity contribution in [2.45, 2.75) is 51.6 Å². The molecular weight excluding hydrogens is 242 g/mol. The Bertz CT molecular complexity index is 269. The molecule has 0 aromatic heterocycles. The van der Waals surface area contributed by atoms with E-state index < -0.39 is 5.97 Å². The number of carboxylic acids is 1. The number of carboxylic acid groups (broad SMARTS) is 1. The Morgan fingerprint density at radius 3 is 2.47 bits per heavy atom. The lowest BCUT2D eigenvalue weighted by atomic mass is 10.1. The molecule has 1 unspecified atom stereocenters. The minimum absolute atomic E-state index is 0.0598. The van der Waals surface area contributed by atoms with Crippen molar-refractivity contribution < 1.29 is 19.1 Å². The molecule has 0 fully saturated rings. The molecule has 0 N–H and O–H groups in total. The Morgan fingerprint density at radius 2 is 1.95 bits per heavy atom. The SMILES string of the molecule is CCCCCCC=COC(CC(=O)[O-])C[N+](C)(C)C. The van der Waals surface area contributed by atoms with Crippen molar-refractivity contribution in [2.75, 3.05) is 27.7 Å². The molecule has 0 saturated carbocycles. The summed E-state index contributed by atoms with van der Waals surface area (Å²) in [5.74, 6) is -1.06. The molecule has 0 heterocycles. The average molecular weight is 271 g/mol. The predicted octanol–water partition coefficient (Wildman–Crippen LogP) is 1.70. The molecule has 0 aliphatic carbocycles. The maximum Gasteiger partial charge on any atom is 0.152 e. The van der Waals surface area contributed by atoms with Gasteiger partial charge in [0.15, 0.2) is 6.10 Å². The number of hydrogen-bond donors (Lipinski definition) is 0. The van der Waals surface area contributed by atoms with Gasteiger partial charge in [0, 0.05) is 12.4 Å². The fraction of sp³-hybridized carbons (Fsp3) is 0.800. The minimum atomic E-state index is -1.06. The quantitative estimate of drug-likeness (QED) is 0.326. The normalized spacial score (nSPS) is 13.7. The van der Waals surface area contributed by atoms with Gasteiger partial charge in [0.1, 0.15) is 6.54 Å². The second-order valence-corrected chi connectivity index (χ2v) is 6.03. The summed E-state index contributed by atoms with van der Waals surface area (Å²) in [5.41, 5.74) is 0. The van der Waals surface area contributed by atoms with Crippen molar-refractivity contribution in [1.82, 2.24) is 0 Å². The number of likely N-dealkylation sites (N-methyl/N-ethyl adjacent to an activating group) is 1. The zero-order valence-corrected chi connectivity index (χ0v) is 12.9. The summed E-state index contributed by atoms with van der Waals surface area (Å²) in [6.07, 6.45) is 9.13. The number of unbranched alkanes of at least 4 members (excludes halogenated alkanes) is 4. The minimum Gasteiger partial charge on any atom is -0.550 e. The maximum absolute atomic E-state index is 10.7. The second-order valence-electron chi connectivity index (χ2n) is 6.03. The number of carbonyl (C=O) groups excluding carboxylic acids is 1. The Morgan fingerprint density at radius 1 is 1.26 bits per heavy atom. The van der Waals surface area contributed by atoms with Crippen molar-refractivity contribution >= 4 is 5.97 Å². The van der Waals surface area contributed by atoms with Crippen molar-refractivity contribution in [3.05, 3.63) is 12.3 Å². The van der Waals surface area contributed by atoms with Crippen LogP contribution in [0.1, 0.15) is 45.4 Å². The van der Waals surface area contributed by atoms with Crippen LogP contribution >= 0.6 is 0 Å². The van der Waals surface area contributed by atoms with Crippen LogP contribution < -0.4 is 5.11 Å². The average Bonchev–Trinajstić information content (AvgIpc) is 2.24. The molecule has 0 aromatic carbocycles. The van der Waals surface area contributed by atoms with Gasteiger partial charge in [0.25, 0.3) is 0 Å². The number of carbonyl (C=O) groups is 1. The highest BCUT2D eigenvalue weighted by Gasteiger charge is 2.18. The number of nitrogens with zero attached hydrogens (tertiary/aromatic N) is 1. The highest BCUT2D eigenvalue weighted by molar-refractivity contribution is 5.64. The van der Waals surface area contributed by atoms with Crippen LogP contribution in [-0.4, -0.2) is 44.2 Å². The third-order valence-electron chi connectivity index (χ3n) is 2.74. The molecule has 0 amide bonds. The largest absolute Gasteiger partial charge is 0.550 e. The monoisotopic (exact) mass is 271 g/mol. The molecule has 4 nitrogen and oxygen atoms in total. The first kappa shape index (κ1) is 18.0. The smallest absolute Gasteiger partial charge is 0.152 e. The van der Waals surface area contributed by atoms with Crippen LogP contribution in [0.15, 0.2) is 12.3 Å². The fourth-order valence-corrected chi connectivity index (χ4v) is 1.88. The van der Waals surface area contributed by atoms with Crippen LogP contribution in [0.25, 0.3) is 0 Å². The molecule has 4 heteroatoms. The van der Waals surface area contributed by atoms with Gasteiger partial charge in [-0.3, -0.25) is 0 Å². The van der Waals surface area contributed by atoms with Gasteiger partial charge in [-0.1, -0.05) is 26.2 Å². The van der Waals surface area contributed by atoms with E-state index in [1.54, 1.807) is 6.26 Å². The van der Waals surface area contributed by atoms with Crippen molar-refractivity contribution in [2.24, 2.45) is 0 Å². The highest BCUT2D eigenvalue weighted by Crippen LogP contribution is 2.07. The molecule has 0 saturated heterocycles. The van der Waals surface area contributed by atoms with Crippen LogP contribution in [0.5, 0.6) is 0 Å². The molecular formula is C15H29NO3. The number of quaternary nitrogens is 1. The lowest BCUT2D eigenvalue weighted by Crippen LogP contribution is -2.44. The molecule has 0 aliphatic rings. The summed E-state index contributed by atoms with van der Waals surface area (Å²) in [7, 11) is 6.04. The Labute approximate surface area is 117 Å². The van der Waals surface area contributed by atoms with E-state index in [9.17, 15) is 9.90 Å². The van der Waals surface area contributed by atoms with Crippen LogP contribution in [0.3, 0.4) is 0 Å². The van der Waals surface area contributed by atoms with Crippen molar-refractivity contribution in [3.8, 4) is 0 Å². The molecule has 1 atom stereocenters. The van der Waals surface area contributed by atoms with Crippen LogP contribution in [-0.2, 0) is 9.53 Å². The fourth-order valence-electron chi connectivity index (χ4n) is 1.88. The van der Waals surface area contributed by atoms with Gasteiger partial charge in [0.2, 0.25) is 0 Å². The zero-order chi connectivity index (χ0) is 14.7. The zero-order valence-electron chi connectivity index (χ0n) is 12.9. The van der Waals surface area contributed by atoms with Crippen LogP contribution in [0.2, 0.25) is 0 Å². The van der Waals surface area contributed by atoms with E-state index in [2.05, 4.69) is 6.92 Å². The standard InChI is InChI=1S/C15H29NO3/c1-5-6-7-8-9-10-11-19-14(12-15(17)18)13-16(2,3)4/h10-11,14H,5-9,12-13H2,1-4H3. The molecule has 0 radical (unpaired) electrons. The molecule has 112 valence electrons. The lowest BCUT2D eigenvalue weighted by Gasteiger charge is -2.28. The van der Waals surface area contributed by atoms with E-state index in [-0.39, 0.29) is 12.5 Å². The summed E-state index contributed by atoms with van der Waals surface area (Å²) in [6, 6.07) is 0. The highest BCUT2D eigenvalue weighted by atomic mass is 16.5. The molecule has 0 aliphatic heterocycles. The summed E-state index contributed by atoms with van der Waals surface area (Å²) in [4.78, 5) is 10.7. The van der Waals surface area contributed by atoms with Gasteiger partial charge in [-0.2, -0.15) is 0 Å². The number of aliphatic carboxylic acids is 1. The van der Waals surface area contributed by atoms with Crippen molar-refractivity contribution in [1.29, 1.82) is 0 Å². The lowest BCUT2D eigenvalue weighted by molar-refractivity contribution is -0.873. The van der Waals surface area contributed by atoms with E-state index in [1.807, 2.05) is 27.2 Å². The summed E-state index contributed by atoms with van der Waals surface area (Å²) in [6.45, 7) is 2.84. The topological polar surface area (TPSA) is 49.4 Å². The number of hydrogen-bond acceptors (Lipinski definition) is 3. The third-order valence-corrected chi connectivity index (χ3v) is 2.74. The molecule has 0 spiro atoms. The molecule has 19 heavy (non-hydrogen) atoms. The molecule has 0 aromatic rings. The predicted molar refractivity (Wildman–Crippen MR) is 75.3 cm³/mol. The van der Waals surface area contributed by atoms with E-state index in [0.717, 1.165) is 12.8 Å². The maximum atomic E-state index is 10.7. The first-order valence-corrected chi connectivity index (χ1v) is 7.16. The third kappa shape index (κ3) is 13.2.